The van der Waals surface area contributed by atoms with Gasteiger partial charge in [0.15, 0.2) is 5.78 Å². The summed E-state index contributed by atoms with van der Waals surface area (Å²) in [6.45, 7) is 0. The molecule has 0 aromatic rings. The molecule has 0 heterocycles. The highest BCUT2D eigenvalue weighted by molar-refractivity contribution is 6.19. The highest BCUT2D eigenvalue weighted by Crippen LogP contribution is 2.69. The molecule has 3 heteroatoms. The minimum atomic E-state index is -0.413. The first-order valence-corrected chi connectivity index (χ1v) is 6.04. The van der Waals surface area contributed by atoms with Crippen molar-refractivity contribution in [2.24, 2.45) is 11.3 Å². The maximum absolute atomic E-state index is 11.7. The van der Waals surface area contributed by atoms with E-state index in [0.29, 0.717) is 12.0 Å². The van der Waals surface area contributed by atoms with Crippen molar-refractivity contribution in [2.75, 3.05) is 7.11 Å². The lowest BCUT2D eigenvalue weighted by Gasteiger charge is -2.14. The van der Waals surface area contributed by atoms with Gasteiger partial charge in [-0.15, -0.1) is 0 Å². The van der Waals surface area contributed by atoms with Crippen molar-refractivity contribution in [3.63, 3.8) is 0 Å². The zero-order valence-electron chi connectivity index (χ0n) is 9.54. The van der Waals surface area contributed by atoms with E-state index in [4.69, 9.17) is 4.74 Å². The van der Waals surface area contributed by atoms with Gasteiger partial charge in [0.25, 0.3) is 0 Å². The average Bonchev–Trinajstić information content (AvgIpc) is 2.67. The molecule has 86 valence electrons. The average molecular weight is 220 g/mol. The van der Waals surface area contributed by atoms with Gasteiger partial charge in [-0.3, -0.25) is 4.79 Å². The number of rotatable bonds is 2. The molecule has 2 saturated carbocycles. The number of ether oxygens (including phenoxy) is 1. The Morgan fingerprint density at radius 1 is 1.44 bits per heavy atom. The van der Waals surface area contributed by atoms with Crippen molar-refractivity contribution in [2.45, 2.75) is 38.5 Å². The van der Waals surface area contributed by atoms with E-state index in [1.54, 1.807) is 0 Å². The molecule has 0 aromatic carbocycles. The zero-order chi connectivity index (χ0) is 11.3. The first kappa shape index (κ1) is 10.1. The number of hydrogen-bond donors (Lipinski definition) is 0. The largest absolute Gasteiger partial charge is 0.465 e. The molecule has 3 aliphatic carbocycles. The molecule has 0 bridgehead atoms. The second-order valence-corrected chi connectivity index (χ2v) is 5.22. The van der Waals surface area contributed by atoms with Gasteiger partial charge in [0.05, 0.1) is 7.11 Å². The highest BCUT2D eigenvalue weighted by Gasteiger charge is 2.60. The highest BCUT2D eigenvalue weighted by atomic mass is 16.5. The van der Waals surface area contributed by atoms with Crippen molar-refractivity contribution >= 4 is 11.8 Å². The van der Waals surface area contributed by atoms with Gasteiger partial charge in [0.2, 0.25) is 0 Å². The molecule has 3 nitrogen and oxygen atoms in total. The van der Waals surface area contributed by atoms with Gasteiger partial charge in [-0.25, -0.2) is 4.79 Å². The van der Waals surface area contributed by atoms with Crippen molar-refractivity contribution in [3.05, 3.63) is 11.1 Å². The molecule has 2 fully saturated rings. The minimum Gasteiger partial charge on any atom is -0.465 e. The number of hydrogen-bond acceptors (Lipinski definition) is 3. The quantitative estimate of drug-likeness (QED) is 0.528. The van der Waals surface area contributed by atoms with Crippen molar-refractivity contribution in [1.29, 1.82) is 0 Å². The Morgan fingerprint density at radius 2 is 2.25 bits per heavy atom. The summed E-state index contributed by atoms with van der Waals surface area (Å²) in [6.07, 6.45) is 6.17. The maximum Gasteiger partial charge on any atom is 0.341 e. The maximum atomic E-state index is 11.7. The topological polar surface area (TPSA) is 43.4 Å². The molecule has 0 aromatic heterocycles. The van der Waals surface area contributed by atoms with Crippen LogP contribution in [0.25, 0.3) is 0 Å². The lowest BCUT2D eigenvalue weighted by Crippen LogP contribution is -2.14. The van der Waals surface area contributed by atoms with Crippen LogP contribution in [0.5, 0.6) is 0 Å². The summed E-state index contributed by atoms with van der Waals surface area (Å²) in [5.74, 6) is 0.325. The third kappa shape index (κ3) is 1.14. The van der Waals surface area contributed by atoms with Crippen LogP contribution in [0.4, 0.5) is 0 Å². The zero-order valence-corrected chi connectivity index (χ0v) is 9.54. The number of ketones is 1. The van der Waals surface area contributed by atoms with Crippen molar-refractivity contribution < 1.29 is 14.3 Å². The molecule has 3 aliphatic rings. The molecule has 2 unspecified atom stereocenters. The second kappa shape index (κ2) is 3.19. The molecular weight excluding hydrogens is 204 g/mol. The summed E-state index contributed by atoms with van der Waals surface area (Å²) in [5, 5.41) is 0. The smallest absolute Gasteiger partial charge is 0.341 e. The van der Waals surface area contributed by atoms with Crippen LogP contribution in [0.1, 0.15) is 38.5 Å². The summed E-state index contributed by atoms with van der Waals surface area (Å²) in [5.41, 5.74) is 1.76. The third-order valence-corrected chi connectivity index (χ3v) is 4.58. The predicted molar refractivity (Wildman–Crippen MR) is 57.7 cm³/mol. The van der Waals surface area contributed by atoms with Crippen molar-refractivity contribution in [1.82, 2.24) is 0 Å². The molecule has 0 aliphatic heterocycles. The summed E-state index contributed by atoms with van der Waals surface area (Å²) in [4.78, 5) is 23.4. The minimum absolute atomic E-state index is 0.00576. The van der Waals surface area contributed by atoms with E-state index < -0.39 is 5.97 Å². The first-order valence-electron chi connectivity index (χ1n) is 6.04. The number of carbonyl (C=O) groups is 2. The summed E-state index contributed by atoms with van der Waals surface area (Å²) in [6, 6.07) is 0. The number of allylic oxidation sites excluding steroid dienone is 1. The molecule has 2 atom stereocenters. The Labute approximate surface area is 94.8 Å². The van der Waals surface area contributed by atoms with E-state index in [9.17, 15) is 9.59 Å². The lowest BCUT2D eigenvalue weighted by molar-refractivity contribution is -0.137. The lowest BCUT2D eigenvalue weighted by atomic mass is 9.90. The van der Waals surface area contributed by atoms with Gasteiger partial charge in [-0.05, 0) is 42.6 Å². The SMILES string of the molecule is COC(=O)C1=C(C23CCCC2C3)CCC1=O. The van der Waals surface area contributed by atoms with E-state index in [1.165, 1.54) is 32.8 Å². The molecule has 0 N–H and O–H groups in total. The Kier molecular flexibility index (Phi) is 2.00. The second-order valence-electron chi connectivity index (χ2n) is 5.22. The molecule has 0 radical (unpaired) electrons. The monoisotopic (exact) mass is 220 g/mol. The van der Waals surface area contributed by atoms with Gasteiger partial charge >= 0.3 is 5.97 Å². The van der Waals surface area contributed by atoms with E-state index in [1.807, 2.05) is 0 Å². The van der Waals surface area contributed by atoms with Gasteiger partial charge in [0, 0.05) is 6.42 Å². The Morgan fingerprint density at radius 3 is 2.81 bits per heavy atom. The number of fused-ring (bicyclic) bond motifs is 1. The first-order chi connectivity index (χ1) is 7.69. The molecular formula is C13H16O3. The Hall–Kier alpha value is -1.12. The van der Waals surface area contributed by atoms with Crippen LogP contribution in [0.15, 0.2) is 11.1 Å². The van der Waals surface area contributed by atoms with Crippen LogP contribution in [0.2, 0.25) is 0 Å². The van der Waals surface area contributed by atoms with Crippen LogP contribution < -0.4 is 0 Å². The van der Waals surface area contributed by atoms with Crippen LogP contribution in [0.3, 0.4) is 0 Å². The number of esters is 1. The van der Waals surface area contributed by atoms with Crippen LogP contribution in [0, 0.1) is 11.3 Å². The van der Waals surface area contributed by atoms with Gasteiger partial charge in [-0.2, -0.15) is 0 Å². The van der Waals surface area contributed by atoms with Crippen LogP contribution in [-0.4, -0.2) is 18.9 Å². The fourth-order valence-corrected chi connectivity index (χ4v) is 3.74. The summed E-state index contributed by atoms with van der Waals surface area (Å²) < 4.78 is 4.74. The van der Waals surface area contributed by atoms with Gasteiger partial charge in [0.1, 0.15) is 5.57 Å². The number of carbonyl (C=O) groups excluding carboxylic acids is 2. The molecule has 0 saturated heterocycles. The van der Waals surface area contributed by atoms with E-state index in [-0.39, 0.29) is 11.2 Å². The van der Waals surface area contributed by atoms with Crippen LogP contribution >= 0.6 is 0 Å². The Bertz CT molecular complexity index is 407. The Balaban J connectivity index is 2.01. The predicted octanol–water partition coefficient (Wildman–Crippen LogP) is 2.01. The molecule has 16 heavy (non-hydrogen) atoms. The molecule has 0 spiro atoms. The van der Waals surface area contributed by atoms with E-state index >= 15 is 0 Å². The van der Waals surface area contributed by atoms with Crippen LogP contribution in [-0.2, 0) is 14.3 Å². The van der Waals surface area contributed by atoms with Gasteiger partial charge in [-0.1, -0.05) is 6.42 Å². The van der Waals surface area contributed by atoms with E-state index in [0.717, 1.165) is 17.9 Å². The molecule has 0 amide bonds. The molecule has 3 rings (SSSR count). The normalized spacial score (nSPS) is 36.6. The summed E-state index contributed by atoms with van der Waals surface area (Å²) >= 11 is 0. The van der Waals surface area contributed by atoms with Crippen molar-refractivity contribution in [3.8, 4) is 0 Å². The fraction of sp³-hybridized carbons (Fsp3) is 0.692. The number of methoxy groups -OCH3 is 1. The fourth-order valence-electron chi connectivity index (χ4n) is 3.74. The van der Waals surface area contributed by atoms with Gasteiger partial charge < -0.3 is 4.74 Å². The third-order valence-electron chi connectivity index (χ3n) is 4.58. The number of Topliss-reactive ketones (excluding diaryl/α,β-unsaturated/α-hetero) is 1. The van der Waals surface area contributed by atoms with E-state index in [2.05, 4.69) is 0 Å². The summed E-state index contributed by atoms with van der Waals surface area (Å²) in [7, 11) is 1.36. The standard InChI is InChI=1S/C13H16O3/c1-16-12(15)11-9(4-5-10(11)14)13-6-2-3-8(13)7-13/h8H,2-7H2,1H3.